The van der Waals surface area contributed by atoms with Gasteiger partial charge in [-0.05, 0) is 42.0 Å². The van der Waals surface area contributed by atoms with Gasteiger partial charge < -0.3 is 9.47 Å². The molecule has 116 valence electrons. The highest BCUT2D eigenvalue weighted by Gasteiger charge is 2.28. The van der Waals surface area contributed by atoms with E-state index in [0.29, 0.717) is 5.92 Å². The molecule has 2 heterocycles. The van der Waals surface area contributed by atoms with Gasteiger partial charge in [0.1, 0.15) is 6.04 Å². The van der Waals surface area contributed by atoms with Crippen LogP contribution in [0.1, 0.15) is 37.4 Å². The Labute approximate surface area is 132 Å². The van der Waals surface area contributed by atoms with Crippen molar-refractivity contribution in [2.45, 2.75) is 39.3 Å². The topological polar surface area (TPSA) is 25.2 Å². The zero-order valence-corrected chi connectivity index (χ0v) is 13.4. The Kier molecular flexibility index (Phi) is 4.32. The molecule has 3 rings (SSSR count). The Morgan fingerprint density at radius 1 is 1.09 bits per heavy atom. The summed E-state index contributed by atoms with van der Waals surface area (Å²) >= 11 is 0. The van der Waals surface area contributed by atoms with Crippen LogP contribution in [0.25, 0.3) is 0 Å². The van der Waals surface area contributed by atoms with Gasteiger partial charge >= 0.3 is 0 Å². The molecule has 1 aliphatic rings. The summed E-state index contributed by atoms with van der Waals surface area (Å²) in [5.74, 6) is 0.743. The summed E-state index contributed by atoms with van der Waals surface area (Å²) in [4.78, 5) is 15.1. The van der Waals surface area contributed by atoms with Crippen molar-refractivity contribution in [2.75, 3.05) is 6.54 Å². The number of nitrogens with zero attached hydrogens (tertiary/aromatic N) is 2. The quantitative estimate of drug-likeness (QED) is 0.845. The molecule has 1 amide bonds. The first-order valence-electron chi connectivity index (χ1n) is 8.13. The van der Waals surface area contributed by atoms with Gasteiger partial charge in [-0.3, -0.25) is 4.79 Å². The molecular weight excluding hydrogens is 272 g/mol. The van der Waals surface area contributed by atoms with Crippen LogP contribution >= 0.6 is 0 Å². The maximum Gasteiger partial charge on any atom is 0.245 e. The van der Waals surface area contributed by atoms with Gasteiger partial charge in [-0.25, -0.2) is 0 Å². The molecule has 1 atom stereocenters. The molecule has 0 spiro atoms. The third kappa shape index (κ3) is 3.08. The normalized spacial score (nSPS) is 15.7. The average Bonchev–Trinajstić information content (AvgIpc) is 3.05. The maximum absolute atomic E-state index is 13.0. The highest BCUT2D eigenvalue weighted by atomic mass is 16.2. The minimum Gasteiger partial charge on any atom is -0.342 e. The van der Waals surface area contributed by atoms with Gasteiger partial charge in [-0.15, -0.1) is 0 Å². The minimum atomic E-state index is -0.0831. The number of rotatable bonds is 4. The molecule has 0 fully saturated rings. The molecule has 0 unspecified atom stereocenters. The molecule has 0 radical (unpaired) electrons. The van der Waals surface area contributed by atoms with E-state index in [2.05, 4.69) is 42.7 Å². The summed E-state index contributed by atoms with van der Waals surface area (Å²) in [6.07, 6.45) is 5.85. The predicted octanol–water partition coefficient (Wildman–Crippen LogP) is 3.66. The number of fused-ring (bicyclic) bond motifs is 1. The average molecular weight is 296 g/mol. The van der Waals surface area contributed by atoms with E-state index in [1.54, 1.807) is 0 Å². The van der Waals surface area contributed by atoms with Gasteiger partial charge in [-0.2, -0.15) is 0 Å². The fourth-order valence-electron chi connectivity index (χ4n) is 3.25. The van der Waals surface area contributed by atoms with Crippen LogP contribution in [0.5, 0.6) is 0 Å². The monoisotopic (exact) mass is 296 g/mol. The van der Waals surface area contributed by atoms with Crippen molar-refractivity contribution in [1.82, 2.24) is 9.47 Å². The Balaban J connectivity index is 1.79. The summed E-state index contributed by atoms with van der Waals surface area (Å²) in [7, 11) is 0. The number of hydrogen-bond acceptors (Lipinski definition) is 1. The van der Waals surface area contributed by atoms with Gasteiger partial charge in [0.2, 0.25) is 5.91 Å². The minimum absolute atomic E-state index is 0.0831. The molecule has 0 saturated carbocycles. The fourth-order valence-corrected chi connectivity index (χ4v) is 3.25. The Hall–Kier alpha value is -2.03. The van der Waals surface area contributed by atoms with Crippen LogP contribution in [0, 0.1) is 5.92 Å². The first-order valence-corrected chi connectivity index (χ1v) is 8.13. The molecule has 1 aromatic carbocycles. The highest BCUT2D eigenvalue weighted by molar-refractivity contribution is 5.80. The number of carbonyl (C=O) groups is 1. The number of hydrogen-bond donors (Lipinski definition) is 0. The van der Waals surface area contributed by atoms with E-state index in [1.807, 2.05) is 29.4 Å². The van der Waals surface area contributed by atoms with Gasteiger partial charge in [0.25, 0.3) is 0 Å². The Morgan fingerprint density at radius 3 is 2.45 bits per heavy atom. The molecule has 22 heavy (non-hydrogen) atoms. The zero-order valence-electron chi connectivity index (χ0n) is 13.4. The number of benzene rings is 1. The zero-order chi connectivity index (χ0) is 15.5. The lowest BCUT2D eigenvalue weighted by molar-refractivity contribution is -0.136. The molecular formula is C19H24N2O. The van der Waals surface area contributed by atoms with Crippen LogP contribution in [-0.2, 0) is 17.8 Å². The van der Waals surface area contributed by atoms with E-state index in [-0.39, 0.29) is 11.9 Å². The Bertz CT molecular complexity index is 631. The summed E-state index contributed by atoms with van der Waals surface area (Å²) in [6.45, 7) is 5.92. The Morgan fingerprint density at radius 2 is 1.77 bits per heavy atom. The van der Waals surface area contributed by atoms with Crippen LogP contribution in [0.15, 0.2) is 48.8 Å². The first kappa shape index (κ1) is 14.9. The van der Waals surface area contributed by atoms with Crippen molar-refractivity contribution < 1.29 is 4.79 Å². The van der Waals surface area contributed by atoms with Crippen molar-refractivity contribution in [3.8, 4) is 0 Å². The van der Waals surface area contributed by atoms with Crippen molar-refractivity contribution in [3.63, 3.8) is 0 Å². The van der Waals surface area contributed by atoms with E-state index in [4.69, 9.17) is 0 Å². The van der Waals surface area contributed by atoms with Crippen LogP contribution < -0.4 is 0 Å². The third-order valence-electron chi connectivity index (χ3n) is 4.41. The number of carbonyl (C=O) groups excluding carboxylic acids is 1. The number of aromatic nitrogens is 1. The van der Waals surface area contributed by atoms with Crippen molar-refractivity contribution in [2.24, 2.45) is 5.92 Å². The first-order chi connectivity index (χ1) is 10.6. The molecule has 3 heteroatoms. The molecule has 1 aromatic heterocycles. The molecule has 3 nitrogen and oxygen atoms in total. The second kappa shape index (κ2) is 6.39. The van der Waals surface area contributed by atoms with E-state index in [9.17, 15) is 4.79 Å². The van der Waals surface area contributed by atoms with Crippen molar-refractivity contribution >= 4 is 5.91 Å². The van der Waals surface area contributed by atoms with Gasteiger partial charge in [0.05, 0.1) is 0 Å². The summed E-state index contributed by atoms with van der Waals surface area (Å²) in [6, 6.07) is 12.4. The largest absolute Gasteiger partial charge is 0.342 e. The highest BCUT2D eigenvalue weighted by Crippen LogP contribution is 2.25. The van der Waals surface area contributed by atoms with Crippen LogP contribution in [0.2, 0.25) is 0 Å². The van der Waals surface area contributed by atoms with Crippen LogP contribution in [-0.4, -0.2) is 21.9 Å². The standard InChI is InChI=1S/C19H24N2O/c1-15(2)13-18(20-10-5-6-11-20)19(22)21-12-9-16-7-3-4-8-17(16)14-21/h3-8,10-11,15,18H,9,12-14H2,1-2H3/t18-/m0/s1. The van der Waals surface area contributed by atoms with Crippen molar-refractivity contribution in [3.05, 3.63) is 59.9 Å². The SMILES string of the molecule is CC(C)C[C@@H](C(=O)N1CCc2ccccc2C1)n1cccc1. The lowest BCUT2D eigenvalue weighted by Crippen LogP contribution is -2.40. The molecule has 2 aromatic rings. The molecule has 0 aliphatic carbocycles. The van der Waals surface area contributed by atoms with Crippen LogP contribution in [0.3, 0.4) is 0 Å². The maximum atomic E-state index is 13.0. The fraction of sp³-hybridized carbons (Fsp3) is 0.421. The predicted molar refractivity (Wildman–Crippen MR) is 88.5 cm³/mol. The lowest BCUT2D eigenvalue weighted by Gasteiger charge is -2.33. The number of amides is 1. The van der Waals surface area contributed by atoms with Gasteiger partial charge in [0.15, 0.2) is 0 Å². The smallest absolute Gasteiger partial charge is 0.245 e. The molecule has 0 N–H and O–H groups in total. The second-order valence-corrected chi connectivity index (χ2v) is 6.55. The van der Waals surface area contributed by atoms with Crippen molar-refractivity contribution in [1.29, 1.82) is 0 Å². The van der Waals surface area contributed by atoms with Gasteiger partial charge in [-0.1, -0.05) is 38.1 Å². The second-order valence-electron chi connectivity index (χ2n) is 6.55. The molecule has 0 bridgehead atoms. The van der Waals surface area contributed by atoms with Crippen LogP contribution in [0.4, 0.5) is 0 Å². The van der Waals surface area contributed by atoms with E-state index < -0.39 is 0 Å². The summed E-state index contributed by atoms with van der Waals surface area (Å²) < 4.78 is 2.06. The lowest BCUT2D eigenvalue weighted by atomic mass is 9.97. The van der Waals surface area contributed by atoms with E-state index in [0.717, 1.165) is 25.9 Å². The summed E-state index contributed by atoms with van der Waals surface area (Å²) in [5, 5.41) is 0. The van der Waals surface area contributed by atoms with E-state index in [1.165, 1.54) is 11.1 Å². The molecule has 0 saturated heterocycles. The molecule has 1 aliphatic heterocycles. The third-order valence-corrected chi connectivity index (χ3v) is 4.41. The van der Waals surface area contributed by atoms with E-state index >= 15 is 0 Å². The van der Waals surface area contributed by atoms with Gasteiger partial charge in [0, 0.05) is 25.5 Å². The summed E-state index contributed by atoms with van der Waals surface area (Å²) in [5.41, 5.74) is 2.67.